The quantitative estimate of drug-likeness (QED) is 0.731. The van der Waals surface area contributed by atoms with E-state index in [0.717, 1.165) is 22.6 Å². The minimum atomic E-state index is -0.115. The summed E-state index contributed by atoms with van der Waals surface area (Å²) in [5.74, 6) is 0.412. The third-order valence-corrected chi connectivity index (χ3v) is 3.94. The molecule has 0 radical (unpaired) electrons. The lowest BCUT2D eigenvalue weighted by molar-refractivity contribution is 0.0951. The minimum Gasteiger partial charge on any atom is -0.348 e. The van der Waals surface area contributed by atoms with E-state index >= 15 is 0 Å². The van der Waals surface area contributed by atoms with Gasteiger partial charge in [-0.1, -0.05) is 35.9 Å². The number of nitrogens with zero attached hydrogens (tertiary/aromatic N) is 2. The van der Waals surface area contributed by atoms with Crippen molar-refractivity contribution in [3.05, 3.63) is 82.7 Å². The summed E-state index contributed by atoms with van der Waals surface area (Å²) in [5, 5.41) is 6.10. The summed E-state index contributed by atoms with van der Waals surface area (Å²) in [6, 6.07) is 17.3. The fourth-order valence-corrected chi connectivity index (χ4v) is 2.64. The molecule has 26 heavy (non-hydrogen) atoms. The van der Waals surface area contributed by atoms with Gasteiger partial charge in [-0.15, -0.1) is 0 Å². The van der Waals surface area contributed by atoms with E-state index in [4.69, 9.17) is 0 Å². The van der Waals surface area contributed by atoms with E-state index in [2.05, 4.69) is 20.6 Å². The van der Waals surface area contributed by atoms with Crippen LogP contribution in [0.15, 0.2) is 54.6 Å². The molecule has 0 atom stereocenters. The highest BCUT2D eigenvalue weighted by atomic mass is 16.1. The Kier molecular flexibility index (Phi) is 5.27. The smallest absolute Gasteiger partial charge is 0.251 e. The molecule has 3 aromatic rings. The van der Waals surface area contributed by atoms with Crippen molar-refractivity contribution in [1.82, 2.24) is 15.3 Å². The first kappa shape index (κ1) is 17.6. The molecule has 0 spiro atoms. The molecule has 0 unspecified atom stereocenters. The number of carbonyl (C=O) groups excluding carboxylic acids is 1. The predicted octanol–water partition coefficient (Wildman–Crippen LogP) is 4.08. The van der Waals surface area contributed by atoms with Crippen LogP contribution < -0.4 is 10.6 Å². The zero-order chi connectivity index (χ0) is 18.5. The number of hydrogen-bond acceptors (Lipinski definition) is 4. The highest BCUT2D eigenvalue weighted by Crippen LogP contribution is 2.16. The van der Waals surface area contributed by atoms with Crippen LogP contribution in [0.25, 0.3) is 0 Å². The maximum atomic E-state index is 12.4. The second-order valence-corrected chi connectivity index (χ2v) is 6.35. The minimum absolute atomic E-state index is 0.115. The molecule has 0 saturated carbocycles. The molecule has 5 nitrogen and oxygen atoms in total. The molecule has 0 aliphatic carbocycles. The number of rotatable bonds is 5. The number of carbonyl (C=O) groups is 1. The largest absolute Gasteiger partial charge is 0.348 e. The average Bonchev–Trinajstić information content (AvgIpc) is 2.60. The molecule has 1 aromatic heterocycles. The molecule has 2 aromatic carbocycles. The zero-order valence-electron chi connectivity index (χ0n) is 15.2. The summed E-state index contributed by atoms with van der Waals surface area (Å²) in [6.45, 7) is 6.39. The van der Waals surface area contributed by atoms with Crippen LogP contribution in [0, 0.1) is 20.8 Å². The topological polar surface area (TPSA) is 66.9 Å². The van der Waals surface area contributed by atoms with Gasteiger partial charge in [-0.2, -0.15) is 0 Å². The van der Waals surface area contributed by atoms with E-state index in [0.29, 0.717) is 18.1 Å². The van der Waals surface area contributed by atoms with Crippen molar-refractivity contribution in [2.45, 2.75) is 27.3 Å². The SMILES string of the molecule is Cc1ccc(CNC(=O)c2cccc(Nc3nc(C)cc(C)n3)c2)cc1. The number of hydrogen-bond donors (Lipinski definition) is 2. The van der Waals surface area contributed by atoms with Crippen LogP contribution in [0.2, 0.25) is 0 Å². The second kappa shape index (κ2) is 7.78. The van der Waals surface area contributed by atoms with Gasteiger partial charge in [-0.25, -0.2) is 9.97 Å². The first-order valence-electron chi connectivity index (χ1n) is 8.53. The van der Waals surface area contributed by atoms with E-state index in [-0.39, 0.29) is 5.91 Å². The Labute approximate surface area is 153 Å². The molecule has 3 rings (SSSR count). The van der Waals surface area contributed by atoms with Crippen LogP contribution in [0.1, 0.15) is 32.9 Å². The van der Waals surface area contributed by atoms with E-state index in [9.17, 15) is 4.79 Å². The van der Waals surface area contributed by atoms with E-state index < -0.39 is 0 Å². The van der Waals surface area contributed by atoms with Gasteiger partial charge in [0.25, 0.3) is 5.91 Å². The fraction of sp³-hybridized carbons (Fsp3) is 0.190. The second-order valence-electron chi connectivity index (χ2n) is 6.35. The molecule has 0 saturated heterocycles. The van der Waals surface area contributed by atoms with Gasteiger partial charge in [-0.3, -0.25) is 4.79 Å². The Balaban J connectivity index is 1.67. The van der Waals surface area contributed by atoms with Gasteiger partial charge in [0.15, 0.2) is 0 Å². The van der Waals surface area contributed by atoms with Crippen molar-refractivity contribution in [1.29, 1.82) is 0 Å². The molecule has 2 N–H and O–H groups in total. The Morgan fingerprint density at radius 3 is 2.31 bits per heavy atom. The summed E-state index contributed by atoms with van der Waals surface area (Å²) < 4.78 is 0. The van der Waals surface area contributed by atoms with E-state index in [1.165, 1.54) is 5.56 Å². The van der Waals surface area contributed by atoms with E-state index in [1.54, 1.807) is 12.1 Å². The Morgan fingerprint density at radius 1 is 0.923 bits per heavy atom. The Hall–Kier alpha value is -3.21. The van der Waals surface area contributed by atoms with Gasteiger partial charge in [0, 0.05) is 29.2 Å². The molecule has 0 bridgehead atoms. The first-order valence-corrected chi connectivity index (χ1v) is 8.53. The summed E-state index contributed by atoms with van der Waals surface area (Å²) in [6.07, 6.45) is 0. The molecule has 0 fully saturated rings. The Bertz CT molecular complexity index is 899. The molecule has 0 aliphatic rings. The third kappa shape index (κ3) is 4.66. The summed E-state index contributed by atoms with van der Waals surface area (Å²) in [4.78, 5) is 21.2. The number of aryl methyl sites for hydroxylation is 3. The lowest BCUT2D eigenvalue weighted by Crippen LogP contribution is -2.22. The first-order chi connectivity index (χ1) is 12.5. The monoisotopic (exact) mass is 346 g/mol. The maximum Gasteiger partial charge on any atom is 0.251 e. The maximum absolute atomic E-state index is 12.4. The van der Waals surface area contributed by atoms with Crippen molar-refractivity contribution >= 4 is 17.5 Å². The summed E-state index contributed by atoms with van der Waals surface area (Å²) >= 11 is 0. The standard InChI is InChI=1S/C21H22N4O/c1-14-7-9-17(10-8-14)13-22-20(26)18-5-4-6-19(12-18)25-21-23-15(2)11-16(3)24-21/h4-12H,13H2,1-3H3,(H,22,26)(H,23,24,25). The molecule has 132 valence electrons. The fourth-order valence-electron chi connectivity index (χ4n) is 2.64. The van der Waals surface area contributed by atoms with Crippen molar-refractivity contribution in [3.63, 3.8) is 0 Å². The van der Waals surface area contributed by atoms with Crippen LogP contribution in [0.4, 0.5) is 11.6 Å². The Morgan fingerprint density at radius 2 is 1.62 bits per heavy atom. The summed E-state index contributed by atoms with van der Waals surface area (Å²) in [5.41, 5.74) is 5.43. The van der Waals surface area contributed by atoms with Crippen molar-refractivity contribution in [3.8, 4) is 0 Å². The lowest BCUT2D eigenvalue weighted by atomic mass is 10.1. The summed E-state index contributed by atoms with van der Waals surface area (Å²) in [7, 11) is 0. The van der Waals surface area contributed by atoms with Gasteiger partial charge in [0.05, 0.1) is 0 Å². The van der Waals surface area contributed by atoms with Crippen LogP contribution in [0.3, 0.4) is 0 Å². The van der Waals surface area contributed by atoms with Crippen molar-refractivity contribution in [2.75, 3.05) is 5.32 Å². The number of aromatic nitrogens is 2. The molecular weight excluding hydrogens is 324 g/mol. The van der Waals surface area contributed by atoms with Gasteiger partial charge >= 0.3 is 0 Å². The number of anilines is 2. The predicted molar refractivity (Wildman–Crippen MR) is 104 cm³/mol. The third-order valence-electron chi connectivity index (χ3n) is 3.94. The van der Waals surface area contributed by atoms with Gasteiger partial charge in [0.2, 0.25) is 5.95 Å². The molecule has 0 aliphatic heterocycles. The van der Waals surface area contributed by atoms with Crippen LogP contribution >= 0.6 is 0 Å². The van der Waals surface area contributed by atoms with Crippen LogP contribution in [-0.4, -0.2) is 15.9 Å². The van der Waals surface area contributed by atoms with Crippen LogP contribution in [0.5, 0.6) is 0 Å². The normalized spacial score (nSPS) is 10.4. The lowest BCUT2D eigenvalue weighted by Gasteiger charge is -2.09. The molecule has 1 heterocycles. The zero-order valence-corrected chi connectivity index (χ0v) is 15.2. The number of nitrogens with one attached hydrogen (secondary N) is 2. The average molecular weight is 346 g/mol. The highest BCUT2D eigenvalue weighted by Gasteiger charge is 2.07. The van der Waals surface area contributed by atoms with Gasteiger partial charge < -0.3 is 10.6 Å². The van der Waals surface area contributed by atoms with Gasteiger partial charge in [-0.05, 0) is 50.6 Å². The van der Waals surface area contributed by atoms with E-state index in [1.807, 2.05) is 63.2 Å². The van der Waals surface area contributed by atoms with Crippen molar-refractivity contribution < 1.29 is 4.79 Å². The van der Waals surface area contributed by atoms with Gasteiger partial charge in [0.1, 0.15) is 0 Å². The molecule has 5 heteroatoms. The van der Waals surface area contributed by atoms with Crippen molar-refractivity contribution in [2.24, 2.45) is 0 Å². The molecule has 1 amide bonds. The number of amides is 1. The molecular formula is C21H22N4O. The number of benzene rings is 2. The van der Waals surface area contributed by atoms with Crippen LogP contribution in [-0.2, 0) is 6.54 Å². The highest BCUT2D eigenvalue weighted by molar-refractivity contribution is 5.95.